The molecule has 1 heterocycles. The van der Waals surface area contributed by atoms with Gasteiger partial charge >= 0.3 is 61.1 Å². The van der Waals surface area contributed by atoms with Crippen LogP contribution in [-0.4, -0.2) is 29.0 Å². The molecule has 0 amide bonds. The van der Waals surface area contributed by atoms with Crippen molar-refractivity contribution < 1.29 is 124 Å². The molecule has 0 spiro atoms. The summed E-state index contributed by atoms with van der Waals surface area (Å²) in [6.45, 7) is 0.0850. The number of esters is 1. The first-order chi connectivity index (χ1) is 37.0. The molecule has 6 aromatic rings. The topological polar surface area (TPSA) is 60.1 Å². The Kier molecular flexibility index (Phi) is 17.5. The monoisotopic (exact) mass is 1190 g/mol. The molecule has 0 atom stereocenters. The van der Waals surface area contributed by atoms with Crippen LogP contribution in [0.4, 0.5) is 105 Å². The minimum atomic E-state index is -6.13. The number of ketones is 1. The van der Waals surface area contributed by atoms with Crippen LogP contribution in [-0.2, 0) is 60.7 Å². The van der Waals surface area contributed by atoms with E-state index in [2.05, 4.69) is 4.98 Å². The standard InChI is InChI=1S/C32H12BF24.C19H21N2O3/c34-25(35,36)13-1-14(26(37,38)39)6-21(5-13)33(22-7-15(27(40,41)42)2-16(8-22)28(43,44)45,23-9-17(29(46,47)48)3-18(10-23)30(49,50)51)24-11-19(31(52,53)54)4-20(12-24)32(55,56)57;22-18(15-7-3-1-4-8-15)14-21-12-11-20-13-17(21)19(23)24-16-9-5-2-6-10-16/h1-12H;1,3-4,7-8,11-13,16H,2,5-6,9-10,14H2/q-1;+1. The second-order valence-corrected chi connectivity index (χ2v) is 18.3. The second-order valence-electron chi connectivity index (χ2n) is 18.3. The molecular weight excluding hydrogens is 1160 g/mol. The van der Waals surface area contributed by atoms with E-state index in [-0.39, 0.29) is 18.4 Å². The molecule has 1 aliphatic carbocycles. The maximum atomic E-state index is 14.2. The summed E-state index contributed by atoms with van der Waals surface area (Å²) in [6, 6.07) is 0.234. The van der Waals surface area contributed by atoms with E-state index >= 15 is 0 Å². The minimum Gasteiger partial charge on any atom is -0.454 e. The Bertz CT molecular complexity index is 2800. The SMILES string of the molecule is FC(F)(F)c1cc([B-](c2cc(C(F)(F)F)cc(C(F)(F)F)c2)(c2cc(C(F)(F)F)cc(C(F)(F)F)c2)c2cc(C(F)(F)F)cc(C(F)(F)F)c2)cc(C(F)(F)F)c1.O=C(C[n+]1ccncc1C(=O)OC1CCCCC1)c1ccccc1. The summed E-state index contributed by atoms with van der Waals surface area (Å²) < 4.78 is 348. The van der Waals surface area contributed by atoms with Crippen molar-refractivity contribution in [3.8, 4) is 0 Å². The number of nitrogens with zero attached hydrogens (tertiary/aromatic N) is 2. The number of alkyl halides is 24. The minimum absolute atomic E-state index is 0.0234. The lowest BCUT2D eigenvalue weighted by atomic mass is 9.12. The van der Waals surface area contributed by atoms with Crippen LogP contribution in [0.3, 0.4) is 0 Å². The zero-order chi connectivity index (χ0) is 60.7. The van der Waals surface area contributed by atoms with Crippen LogP contribution in [0.2, 0.25) is 0 Å². The van der Waals surface area contributed by atoms with Crippen LogP contribution < -0.4 is 26.4 Å². The summed E-state index contributed by atoms with van der Waals surface area (Å²) in [7, 11) is 0. The van der Waals surface area contributed by atoms with Crippen LogP contribution in [0.1, 0.15) is 97.5 Å². The molecule has 0 radical (unpaired) electrons. The summed E-state index contributed by atoms with van der Waals surface area (Å²) in [5.41, 5.74) is -29.3. The zero-order valence-corrected chi connectivity index (χ0v) is 40.1. The number of hydrogen-bond donors (Lipinski definition) is 0. The molecule has 0 N–H and O–H groups in total. The van der Waals surface area contributed by atoms with Gasteiger partial charge in [0.25, 0.3) is 0 Å². The van der Waals surface area contributed by atoms with E-state index in [4.69, 9.17) is 4.74 Å². The zero-order valence-electron chi connectivity index (χ0n) is 40.1. The molecule has 0 aliphatic heterocycles. The van der Waals surface area contributed by atoms with Gasteiger partial charge in [0.15, 0.2) is 6.20 Å². The second kappa shape index (κ2) is 22.6. The van der Waals surface area contributed by atoms with Gasteiger partial charge in [-0.2, -0.15) is 132 Å². The Morgan fingerprint density at radius 3 is 1.02 bits per heavy atom. The van der Waals surface area contributed by atoms with Crippen LogP contribution in [0.25, 0.3) is 0 Å². The summed E-state index contributed by atoms with van der Waals surface area (Å²) in [4.78, 5) is 28.8. The van der Waals surface area contributed by atoms with Crippen molar-refractivity contribution in [3.05, 3.63) is 177 Å². The fourth-order valence-electron chi connectivity index (χ4n) is 9.03. The summed E-state index contributed by atoms with van der Waals surface area (Å²) in [5, 5.41) is 0. The molecule has 0 saturated heterocycles. The van der Waals surface area contributed by atoms with Gasteiger partial charge in [0.05, 0.1) is 50.7 Å². The fraction of sp³-hybridized carbons (Fsp3) is 0.294. The quantitative estimate of drug-likeness (QED) is 0.0476. The Balaban J connectivity index is 0.000000363. The van der Waals surface area contributed by atoms with Crippen molar-refractivity contribution in [2.75, 3.05) is 0 Å². The molecule has 30 heteroatoms. The van der Waals surface area contributed by atoms with E-state index in [0.717, 1.165) is 25.7 Å². The average molecular weight is 1190 g/mol. The van der Waals surface area contributed by atoms with E-state index in [9.17, 15) is 115 Å². The normalized spacial score (nSPS) is 14.5. The highest BCUT2D eigenvalue weighted by atomic mass is 19.4. The lowest BCUT2D eigenvalue weighted by molar-refractivity contribution is -0.686. The van der Waals surface area contributed by atoms with E-state index < -0.39 is 201 Å². The van der Waals surface area contributed by atoms with Gasteiger partial charge in [0.1, 0.15) is 18.4 Å². The molecule has 5 aromatic carbocycles. The molecule has 0 unspecified atom stereocenters. The Hall–Kier alpha value is -7.30. The molecule has 436 valence electrons. The van der Waals surface area contributed by atoms with Gasteiger partial charge in [-0.1, -0.05) is 85.3 Å². The van der Waals surface area contributed by atoms with Gasteiger partial charge in [0, 0.05) is 5.56 Å². The van der Waals surface area contributed by atoms with Crippen LogP contribution in [0.5, 0.6) is 0 Å². The largest absolute Gasteiger partial charge is 0.454 e. The number of hydrogen-bond acceptors (Lipinski definition) is 4. The highest BCUT2D eigenvalue weighted by molar-refractivity contribution is 7.20. The Morgan fingerprint density at radius 2 is 0.741 bits per heavy atom. The molecular formula is C51H33BF24N2O3. The predicted octanol–water partition coefficient (Wildman–Crippen LogP) is 14.0. The van der Waals surface area contributed by atoms with E-state index in [0.29, 0.717) is 11.3 Å². The van der Waals surface area contributed by atoms with Crippen LogP contribution in [0.15, 0.2) is 122 Å². The molecule has 1 saturated carbocycles. The van der Waals surface area contributed by atoms with Crippen molar-refractivity contribution >= 4 is 39.7 Å². The van der Waals surface area contributed by atoms with Crippen LogP contribution in [0, 0.1) is 0 Å². The first-order valence-electron chi connectivity index (χ1n) is 23.0. The first-order valence-corrected chi connectivity index (χ1v) is 23.0. The average Bonchev–Trinajstić information content (AvgIpc) is 3.56. The van der Waals surface area contributed by atoms with Gasteiger partial charge in [-0.05, 0) is 49.9 Å². The number of aromatic nitrogens is 2. The van der Waals surface area contributed by atoms with Gasteiger partial charge in [0.2, 0.25) is 12.3 Å². The Morgan fingerprint density at radius 1 is 0.444 bits per heavy atom. The number of halogens is 24. The summed E-state index contributed by atoms with van der Waals surface area (Å²) in [6.07, 6.45) is -45.0. The van der Waals surface area contributed by atoms with Crippen molar-refractivity contribution in [3.63, 3.8) is 0 Å². The molecule has 0 bridgehead atoms. The number of ether oxygens (including phenoxy) is 1. The third-order valence-corrected chi connectivity index (χ3v) is 12.7. The van der Waals surface area contributed by atoms with Crippen molar-refractivity contribution in [2.45, 2.75) is 94.2 Å². The first kappa shape index (κ1) is 62.9. The third-order valence-electron chi connectivity index (χ3n) is 12.7. The molecule has 81 heavy (non-hydrogen) atoms. The van der Waals surface area contributed by atoms with Gasteiger partial charge < -0.3 is 4.74 Å². The predicted molar refractivity (Wildman–Crippen MR) is 238 cm³/mol. The lowest BCUT2D eigenvalue weighted by Crippen LogP contribution is -2.75. The van der Waals surface area contributed by atoms with Crippen molar-refractivity contribution in [1.82, 2.24) is 4.98 Å². The highest BCUT2D eigenvalue weighted by Crippen LogP contribution is 2.41. The van der Waals surface area contributed by atoms with Crippen molar-refractivity contribution in [1.29, 1.82) is 0 Å². The van der Waals surface area contributed by atoms with Gasteiger partial charge in [-0.25, -0.2) is 4.79 Å². The van der Waals surface area contributed by atoms with Gasteiger partial charge in [-0.3, -0.25) is 9.78 Å². The number of Topliss-reactive ketones (excluding diaryl/α,β-unsaturated/α-hetero) is 1. The van der Waals surface area contributed by atoms with E-state index in [1.54, 1.807) is 29.1 Å². The number of carbonyl (C=O) groups is 2. The molecule has 5 nitrogen and oxygen atoms in total. The molecule has 1 aromatic heterocycles. The van der Waals surface area contributed by atoms with E-state index in [1.807, 2.05) is 18.2 Å². The van der Waals surface area contributed by atoms with Gasteiger partial charge in [-0.15, -0.1) is 0 Å². The van der Waals surface area contributed by atoms with E-state index in [1.165, 1.54) is 12.6 Å². The lowest BCUT2D eigenvalue weighted by Gasteiger charge is -2.46. The number of benzene rings is 5. The maximum Gasteiger partial charge on any atom is 0.416 e. The number of rotatable bonds is 9. The smallest absolute Gasteiger partial charge is 0.416 e. The Labute approximate surface area is 440 Å². The third kappa shape index (κ3) is 15.0. The molecule has 1 aliphatic rings. The summed E-state index contributed by atoms with van der Waals surface area (Å²) >= 11 is 0. The van der Waals surface area contributed by atoms with Crippen molar-refractivity contribution in [2.24, 2.45) is 0 Å². The number of carbonyl (C=O) groups excluding carboxylic acids is 2. The summed E-state index contributed by atoms with van der Waals surface area (Å²) in [5.74, 6) is -0.464. The molecule has 1 fully saturated rings. The van der Waals surface area contributed by atoms with Crippen LogP contribution >= 0.6 is 0 Å². The maximum absolute atomic E-state index is 14.2. The molecule has 7 rings (SSSR count). The highest BCUT2D eigenvalue weighted by Gasteiger charge is 2.47. The fourth-order valence-corrected chi connectivity index (χ4v) is 9.03.